The van der Waals surface area contributed by atoms with Crippen molar-refractivity contribution in [3.05, 3.63) is 64.7 Å². The second-order valence-corrected chi connectivity index (χ2v) is 9.52. The van der Waals surface area contributed by atoms with E-state index >= 15 is 0 Å². The van der Waals surface area contributed by atoms with Crippen molar-refractivity contribution in [3.8, 4) is 0 Å². The van der Waals surface area contributed by atoms with Gasteiger partial charge >= 0.3 is 0 Å². The van der Waals surface area contributed by atoms with Gasteiger partial charge in [-0.25, -0.2) is 8.42 Å². The molecule has 0 bridgehead atoms. The summed E-state index contributed by atoms with van der Waals surface area (Å²) in [6, 6.07) is 13.2. The zero-order valence-corrected chi connectivity index (χ0v) is 18.8. The zero-order valence-electron chi connectivity index (χ0n) is 18.0. The molecule has 1 N–H and O–H groups in total. The average Bonchev–Trinajstić information content (AvgIpc) is 2.64. The van der Waals surface area contributed by atoms with Gasteiger partial charge < -0.3 is 5.32 Å². The van der Waals surface area contributed by atoms with E-state index in [4.69, 9.17) is 0 Å². The van der Waals surface area contributed by atoms with Gasteiger partial charge in [-0.1, -0.05) is 48.9 Å². The Balaban J connectivity index is 2.11. The van der Waals surface area contributed by atoms with Gasteiger partial charge in [0.1, 0.15) is 6.04 Å². The van der Waals surface area contributed by atoms with Crippen molar-refractivity contribution in [3.63, 3.8) is 0 Å². The predicted molar refractivity (Wildman–Crippen MR) is 120 cm³/mol. The number of carbonyl (C=O) groups excluding carboxylic acids is 1. The van der Waals surface area contributed by atoms with Gasteiger partial charge in [-0.05, 0) is 62.8 Å². The fraction of sp³-hybridized carbons (Fsp3) is 0.435. The number of hydrogen-bond donors (Lipinski definition) is 1. The molecule has 2 rings (SSSR count). The molecule has 0 heterocycles. The van der Waals surface area contributed by atoms with E-state index < -0.39 is 16.1 Å². The van der Waals surface area contributed by atoms with E-state index in [1.807, 2.05) is 45.0 Å². The van der Waals surface area contributed by atoms with E-state index in [1.54, 1.807) is 0 Å². The van der Waals surface area contributed by atoms with Crippen molar-refractivity contribution < 1.29 is 13.2 Å². The Labute approximate surface area is 175 Å². The number of carbonyl (C=O) groups is 1. The summed E-state index contributed by atoms with van der Waals surface area (Å²) in [5, 5.41) is 2.93. The Hall–Kier alpha value is -2.34. The first kappa shape index (κ1) is 22.9. The minimum absolute atomic E-state index is 0.261. The Kier molecular flexibility index (Phi) is 7.85. The molecule has 0 spiro atoms. The molecule has 2 aromatic rings. The third kappa shape index (κ3) is 6.32. The Bertz CT molecular complexity index is 954. The number of benzene rings is 2. The molecule has 0 aliphatic carbocycles. The van der Waals surface area contributed by atoms with Gasteiger partial charge in [-0.15, -0.1) is 0 Å². The standard InChI is InChI=1S/C23H32N2O3S/c1-6-21(23(26)24-14-8-11-20-10-7-9-17(2)15-20)25(29(5,27)28)22-16-18(3)12-13-19(22)4/h7,9-10,12-13,15-16,21H,6,8,11,14H2,1-5H3,(H,24,26). The topological polar surface area (TPSA) is 66.5 Å². The molecule has 1 atom stereocenters. The Morgan fingerprint density at radius 3 is 2.38 bits per heavy atom. The normalized spacial score (nSPS) is 12.4. The molecule has 1 amide bonds. The largest absolute Gasteiger partial charge is 0.354 e. The number of anilines is 1. The Morgan fingerprint density at radius 1 is 1.07 bits per heavy atom. The van der Waals surface area contributed by atoms with Gasteiger partial charge in [0.2, 0.25) is 15.9 Å². The molecule has 0 saturated carbocycles. The second-order valence-electron chi connectivity index (χ2n) is 7.66. The monoisotopic (exact) mass is 416 g/mol. The fourth-order valence-electron chi connectivity index (χ4n) is 3.48. The molecule has 29 heavy (non-hydrogen) atoms. The summed E-state index contributed by atoms with van der Waals surface area (Å²) in [7, 11) is -3.62. The molecular formula is C23H32N2O3S. The van der Waals surface area contributed by atoms with Gasteiger partial charge in [0.15, 0.2) is 0 Å². The number of nitrogens with zero attached hydrogens (tertiary/aromatic N) is 1. The van der Waals surface area contributed by atoms with Crippen molar-refractivity contribution in [2.24, 2.45) is 0 Å². The van der Waals surface area contributed by atoms with Crippen molar-refractivity contribution in [2.75, 3.05) is 17.1 Å². The molecule has 6 heteroatoms. The first-order valence-electron chi connectivity index (χ1n) is 10.0. The minimum Gasteiger partial charge on any atom is -0.354 e. The number of hydrogen-bond acceptors (Lipinski definition) is 3. The quantitative estimate of drug-likeness (QED) is 0.631. The van der Waals surface area contributed by atoms with Crippen LogP contribution in [0.5, 0.6) is 0 Å². The van der Waals surface area contributed by atoms with E-state index in [0.717, 1.165) is 30.2 Å². The Morgan fingerprint density at radius 2 is 1.76 bits per heavy atom. The summed E-state index contributed by atoms with van der Waals surface area (Å²) in [6.07, 6.45) is 3.21. The van der Waals surface area contributed by atoms with Gasteiger partial charge in [-0.3, -0.25) is 9.10 Å². The van der Waals surface area contributed by atoms with E-state index in [2.05, 4.69) is 30.4 Å². The summed E-state index contributed by atoms with van der Waals surface area (Å²) < 4.78 is 26.5. The lowest BCUT2D eigenvalue weighted by Crippen LogP contribution is -2.49. The number of aryl methyl sites for hydroxylation is 4. The van der Waals surface area contributed by atoms with Crippen LogP contribution in [-0.2, 0) is 21.2 Å². The highest BCUT2D eigenvalue weighted by Gasteiger charge is 2.32. The summed E-state index contributed by atoms with van der Waals surface area (Å²) in [4.78, 5) is 12.9. The maximum absolute atomic E-state index is 12.9. The van der Waals surface area contributed by atoms with E-state index in [1.165, 1.54) is 15.4 Å². The summed E-state index contributed by atoms with van der Waals surface area (Å²) >= 11 is 0. The lowest BCUT2D eigenvalue weighted by Gasteiger charge is -2.31. The second kappa shape index (κ2) is 9.92. The number of sulfonamides is 1. The molecule has 5 nitrogen and oxygen atoms in total. The number of nitrogens with one attached hydrogen (secondary N) is 1. The fourth-order valence-corrected chi connectivity index (χ4v) is 4.74. The smallest absolute Gasteiger partial charge is 0.243 e. The van der Waals surface area contributed by atoms with Crippen LogP contribution in [0.3, 0.4) is 0 Å². The van der Waals surface area contributed by atoms with Crippen LogP contribution in [-0.4, -0.2) is 33.2 Å². The average molecular weight is 417 g/mol. The minimum atomic E-state index is -3.62. The van der Waals surface area contributed by atoms with E-state index in [9.17, 15) is 13.2 Å². The molecular weight excluding hydrogens is 384 g/mol. The van der Waals surface area contributed by atoms with Crippen LogP contribution in [0.15, 0.2) is 42.5 Å². The van der Waals surface area contributed by atoms with Crippen molar-refractivity contribution in [1.29, 1.82) is 0 Å². The third-order valence-electron chi connectivity index (χ3n) is 4.96. The van der Waals surface area contributed by atoms with Crippen LogP contribution in [0.2, 0.25) is 0 Å². The highest BCUT2D eigenvalue weighted by molar-refractivity contribution is 7.92. The maximum Gasteiger partial charge on any atom is 0.243 e. The van der Waals surface area contributed by atoms with Crippen LogP contribution in [0.25, 0.3) is 0 Å². The molecule has 158 valence electrons. The summed E-state index contributed by atoms with van der Waals surface area (Å²) in [5.41, 5.74) is 4.79. The molecule has 1 unspecified atom stereocenters. The van der Waals surface area contributed by atoms with Gasteiger partial charge in [0.05, 0.1) is 11.9 Å². The lowest BCUT2D eigenvalue weighted by molar-refractivity contribution is -0.122. The number of amides is 1. The van der Waals surface area contributed by atoms with Crippen molar-refractivity contribution in [1.82, 2.24) is 5.32 Å². The first-order chi connectivity index (χ1) is 13.6. The summed E-state index contributed by atoms with van der Waals surface area (Å²) in [5.74, 6) is -0.261. The highest BCUT2D eigenvalue weighted by atomic mass is 32.2. The van der Waals surface area contributed by atoms with Gasteiger partial charge in [-0.2, -0.15) is 0 Å². The van der Waals surface area contributed by atoms with Gasteiger partial charge in [0, 0.05) is 6.54 Å². The third-order valence-corrected chi connectivity index (χ3v) is 6.12. The molecule has 0 aliphatic heterocycles. The number of rotatable bonds is 9. The van der Waals surface area contributed by atoms with Gasteiger partial charge in [0.25, 0.3) is 0 Å². The van der Waals surface area contributed by atoms with Crippen LogP contribution in [0, 0.1) is 20.8 Å². The zero-order chi connectivity index (χ0) is 21.6. The SMILES string of the molecule is CCC(C(=O)NCCCc1cccc(C)c1)N(c1cc(C)ccc1C)S(C)(=O)=O. The van der Waals surface area contributed by atoms with Crippen LogP contribution >= 0.6 is 0 Å². The molecule has 0 aliphatic rings. The summed E-state index contributed by atoms with van der Waals surface area (Å²) in [6.45, 7) is 8.17. The van der Waals surface area contributed by atoms with Crippen LogP contribution in [0.4, 0.5) is 5.69 Å². The van der Waals surface area contributed by atoms with E-state index in [0.29, 0.717) is 18.7 Å². The maximum atomic E-state index is 12.9. The van der Waals surface area contributed by atoms with Crippen LogP contribution < -0.4 is 9.62 Å². The molecule has 0 aromatic heterocycles. The highest BCUT2D eigenvalue weighted by Crippen LogP contribution is 2.27. The molecule has 0 saturated heterocycles. The molecule has 0 radical (unpaired) electrons. The molecule has 2 aromatic carbocycles. The molecule has 0 fully saturated rings. The van der Waals surface area contributed by atoms with Crippen molar-refractivity contribution in [2.45, 2.75) is 53.0 Å². The van der Waals surface area contributed by atoms with Crippen molar-refractivity contribution >= 4 is 21.6 Å². The van der Waals surface area contributed by atoms with Crippen LogP contribution in [0.1, 0.15) is 42.0 Å². The first-order valence-corrected chi connectivity index (χ1v) is 11.9. The van der Waals surface area contributed by atoms with E-state index in [-0.39, 0.29) is 5.91 Å². The lowest BCUT2D eigenvalue weighted by atomic mass is 10.1. The predicted octanol–water partition coefficient (Wildman–Crippen LogP) is 3.91.